The maximum absolute atomic E-state index is 10.1. The minimum atomic E-state index is -2.85. The number of hydrogen-bond acceptors (Lipinski definition) is 5. The van der Waals surface area contributed by atoms with Crippen molar-refractivity contribution < 1.29 is 18.1 Å². The van der Waals surface area contributed by atoms with E-state index < -0.39 is 37.3 Å². The van der Waals surface area contributed by atoms with Gasteiger partial charge >= 0.3 is 0 Å². The molecule has 10 rings (SSSR count). The number of aryl methyl sites for hydroxylation is 4. The second-order valence-corrected chi connectivity index (χ2v) is 21.6. The van der Waals surface area contributed by atoms with E-state index in [4.69, 9.17) is 27.6 Å². The van der Waals surface area contributed by atoms with Gasteiger partial charge in [-0.05, 0) is 160 Å². The molecule has 5 aromatic heterocycles. The van der Waals surface area contributed by atoms with Crippen LogP contribution in [-0.4, -0.2) is 19.9 Å². The van der Waals surface area contributed by atoms with Crippen molar-refractivity contribution in [1.29, 1.82) is 0 Å². The van der Waals surface area contributed by atoms with E-state index in [0.29, 0.717) is 34.8 Å². The zero-order valence-corrected chi connectivity index (χ0v) is 42.1. The van der Waals surface area contributed by atoms with Crippen LogP contribution in [0.3, 0.4) is 0 Å². The number of para-hydroxylation sites is 1. The molecule has 0 unspecified atom stereocenters. The molecule has 5 heterocycles. The van der Waals surface area contributed by atoms with Gasteiger partial charge in [-0.25, -0.2) is 4.98 Å². The van der Waals surface area contributed by atoms with Crippen molar-refractivity contribution in [3.05, 3.63) is 227 Å². The largest absolute Gasteiger partial charge is 0.437 e. The van der Waals surface area contributed by atoms with E-state index in [9.17, 15) is 5.48 Å². The van der Waals surface area contributed by atoms with Crippen LogP contribution in [0.25, 0.3) is 67.0 Å². The number of nitrogens with zero attached hydrogens (tertiary/aromatic N) is 4. The molecule has 0 aliphatic heterocycles. The van der Waals surface area contributed by atoms with Gasteiger partial charge in [0.1, 0.15) is 5.58 Å². The molecule has 0 aliphatic carbocycles. The maximum atomic E-state index is 10.1. The Morgan fingerprint density at radius 3 is 1.79 bits per heavy atom. The van der Waals surface area contributed by atoms with Gasteiger partial charge in [0.25, 0.3) is 0 Å². The van der Waals surface area contributed by atoms with Crippen LogP contribution in [0.4, 0.5) is 0 Å². The summed E-state index contributed by atoms with van der Waals surface area (Å²) >= 11 is 0. The van der Waals surface area contributed by atoms with Crippen LogP contribution in [0.1, 0.15) is 112 Å². The molecule has 0 spiro atoms. The van der Waals surface area contributed by atoms with Crippen molar-refractivity contribution >= 4 is 22.1 Å². The lowest BCUT2D eigenvalue weighted by atomic mass is 9.77. The van der Waals surface area contributed by atoms with E-state index in [-0.39, 0.29) is 50.3 Å². The minimum Gasteiger partial charge on any atom is -0.437 e. The predicted molar refractivity (Wildman–Crippen MR) is 299 cm³/mol. The van der Waals surface area contributed by atoms with Gasteiger partial charge in [-0.2, -0.15) is 0 Å². The minimum absolute atomic E-state index is 0.0512. The lowest BCUT2D eigenvalue weighted by molar-refractivity contribution is 0.411. The molecule has 0 saturated carbocycles. The van der Waals surface area contributed by atoms with Crippen LogP contribution in [0, 0.1) is 19.1 Å². The fraction of sp³-hybridized carbons (Fsp3) is 0.254. The average molecular weight is 953 g/mol. The normalized spacial score (nSPS) is 15.0. The van der Waals surface area contributed by atoms with Crippen molar-refractivity contribution in [2.75, 3.05) is 0 Å². The van der Waals surface area contributed by atoms with Crippen LogP contribution in [0.15, 0.2) is 181 Å². The topological polar surface area (TPSA) is 64.7 Å². The van der Waals surface area contributed by atoms with Gasteiger partial charge in [0.2, 0.25) is 5.71 Å². The summed E-state index contributed by atoms with van der Waals surface area (Å²) in [4.78, 5) is 19.0. The van der Waals surface area contributed by atoms with Gasteiger partial charge in [-0.1, -0.05) is 164 Å². The standard InChI is InChI=1S/C67H66N4O/c1-44-17-13-14-22-55(44)59-37-62(58-24-16-23-56-57-30-25-45(2)71-64(57)72-63(56)58)68-41-52(59)27-26-46-33-48(39-66(6,7)53-28-31-60(69-42-53)50-19-11-10-12-20-50)35-49(34-46)40-67(8,9)54-29-32-61(70-43-54)51-21-15-18-47(36-51)38-65(3,4)5/h10-25,28-37,41-43H,26-27,38-40H2,1-9H3/i1D3,2D3,26D2,27D2. The summed E-state index contributed by atoms with van der Waals surface area (Å²) in [5.41, 5.74) is 8.92. The fourth-order valence-electron chi connectivity index (χ4n) is 9.92. The molecule has 0 aliphatic rings. The SMILES string of the molecule is [2H]C([2H])([2H])c1ccc2c(n1)oc1c(-c3cc(-c4ccccc4C([2H])([2H])[2H])c(C([2H])([2H])C([2H])([2H])c4cc(CC(C)(C)c5ccc(-c6ccccc6)nc5)cc(CC(C)(C)c5ccc(-c6cccc(CC(C)(C)C)c6)nc5)c4)cn3)cccc12. The highest BCUT2D eigenvalue weighted by atomic mass is 16.3. The van der Waals surface area contributed by atoms with E-state index in [2.05, 4.69) is 102 Å². The molecule has 72 heavy (non-hydrogen) atoms. The van der Waals surface area contributed by atoms with Gasteiger partial charge in [0.15, 0.2) is 0 Å². The van der Waals surface area contributed by atoms with Crippen molar-refractivity contribution in [3.8, 4) is 44.9 Å². The third-order valence-corrected chi connectivity index (χ3v) is 13.6. The summed E-state index contributed by atoms with van der Waals surface area (Å²) < 4.78 is 96.4. The average Bonchev–Trinajstić information content (AvgIpc) is 3.33. The van der Waals surface area contributed by atoms with Gasteiger partial charge in [-0.15, -0.1) is 0 Å². The van der Waals surface area contributed by atoms with Crippen molar-refractivity contribution in [1.82, 2.24) is 19.9 Å². The Labute approximate surface area is 440 Å². The summed E-state index contributed by atoms with van der Waals surface area (Å²) in [6, 6.07) is 48.8. The highest BCUT2D eigenvalue weighted by Crippen LogP contribution is 2.39. The van der Waals surface area contributed by atoms with Gasteiger partial charge < -0.3 is 4.42 Å². The number of hydrogen-bond donors (Lipinski definition) is 0. The highest BCUT2D eigenvalue weighted by Gasteiger charge is 2.26. The molecule has 360 valence electrons. The second-order valence-electron chi connectivity index (χ2n) is 21.6. The Bertz CT molecular complexity index is 3970. The van der Waals surface area contributed by atoms with Crippen molar-refractivity contribution in [2.24, 2.45) is 5.41 Å². The van der Waals surface area contributed by atoms with E-state index in [1.807, 2.05) is 54.9 Å². The molecule has 0 amide bonds. The number of benzene rings is 5. The first-order valence-electron chi connectivity index (χ1n) is 29.6. The first-order valence-corrected chi connectivity index (χ1v) is 24.6. The number of fused-ring (bicyclic) bond motifs is 3. The molecule has 0 N–H and O–H groups in total. The molecule has 10 aromatic rings. The third kappa shape index (κ3) is 10.6. The quantitative estimate of drug-likeness (QED) is 0.109. The summed E-state index contributed by atoms with van der Waals surface area (Å²) in [5, 5.41) is 1.21. The van der Waals surface area contributed by atoms with Crippen LogP contribution in [0.2, 0.25) is 0 Å². The molecule has 5 aromatic carbocycles. The van der Waals surface area contributed by atoms with Crippen molar-refractivity contribution in [2.45, 2.75) is 105 Å². The third-order valence-electron chi connectivity index (χ3n) is 13.6. The number of rotatable bonds is 14. The number of pyridine rings is 4. The maximum Gasteiger partial charge on any atom is 0.227 e. The van der Waals surface area contributed by atoms with Crippen molar-refractivity contribution in [3.63, 3.8) is 0 Å². The van der Waals surface area contributed by atoms with Gasteiger partial charge in [-0.3, -0.25) is 15.0 Å². The van der Waals surface area contributed by atoms with E-state index >= 15 is 0 Å². The molecular formula is C67H66N4O. The molecule has 5 heteroatoms. The predicted octanol–water partition coefficient (Wildman–Crippen LogP) is 16.9. The van der Waals surface area contributed by atoms with Gasteiger partial charge in [0.05, 0.1) is 17.1 Å². The van der Waals surface area contributed by atoms with Crippen LogP contribution < -0.4 is 0 Å². The molecule has 0 atom stereocenters. The molecule has 0 radical (unpaired) electrons. The van der Waals surface area contributed by atoms with E-state index in [1.165, 1.54) is 23.9 Å². The summed E-state index contributed by atoms with van der Waals surface area (Å²) in [6.07, 6.45) is 1.35. The first-order chi connectivity index (χ1) is 38.5. The van der Waals surface area contributed by atoms with Gasteiger partial charge in [0, 0.05) is 65.5 Å². The molecular weight excluding hydrogens is 877 g/mol. The van der Waals surface area contributed by atoms with Crippen LogP contribution in [0.5, 0.6) is 0 Å². The Balaban J connectivity index is 1.08. The number of furan rings is 1. The van der Waals surface area contributed by atoms with Crippen LogP contribution >= 0.6 is 0 Å². The molecule has 0 bridgehead atoms. The number of aromatic nitrogens is 4. The molecule has 0 fully saturated rings. The monoisotopic (exact) mass is 953 g/mol. The Kier molecular flexibility index (Phi) is 10.2. The Hall–Kier alpha value is -7.50. The van der Waals surface area contributed by atoms with E-state index in [0.717, 1.165) is 51.2 Å². The smallest absolute Gasteiger partial charge is 0.227 e. The fourth-order valence-corrected chi connectivity index (χ4v) is 9.92. The second kappa shape index (κ2) is 19.6. The zero-order chi connectivity index (χ0) is 58.8. The lowest BCUT2D eigenvalue weighted by Gasteiger charge is -2.28. The molecule has 5 nitrogen and oxygen atoms in total. The zero-order valence-electron chi connectivity index (χ0n) is 52.1. The highest BCUT2D eigenvalue weighted by molar-refractivity contribution is 6.08. The summed E-state index contributed by atoms with van der Waals surface area (Å²) in [7, 11) is 0. The lowest BCUT2D eigenvalue weighted by Crippen LogP contribution is -2.23. The Morgan fingerprint density at radius 2 is 1.11 bits per heavy atom. The Morgan fingerprint density at radius 1 is 0.472 bits per heavy atom. The van der Waals surface area contributed by atoms with Crippen LogP contribution in [-0.2, 0) is 42.8 Å². The molecule has 0 saturated heterocycles. The van der Waals surface area contributed by atoms with E-state index in [1.54, 1.807) is 54.6 Å². The summed E-state index contributed by atoms with van der Waals surface area (Å²) in [5.74, 6) is 0. The summed E-state index contributed by atoms with van der Waals surface area (Å²) in [6.45, 7) is 10.1. The first kappa shape index (κ1) is 37.3.